The average Bonchev–Trinajstić information content (AvgIpc) is 2.52. The largest absolute Gasteiger partial charge is 0.501 e. The zero-order chi connectivity index (χ0) is 10.1. The summed E-state index contributed by atoms with van der Waals surface area (Å²) in [6.07, 6.45) is 2.43. The van der Waals surface area contributed by atoms with E-state index in [9.17, 15) is 5.11 Å². The van der Waals surface area contributed by atoms with Gasteiger partial charge in [-0.25, -0.2) is 0 Å². The maximum Gasteiger partial charge on any atom is 0.106 e. The zero-order valence-electron chi connectivity index (χ0n) is 8.63. The fraction of sp³-hybridized carbons (Fsp3) is 0.800. The zero-order valence-corrected chi connectivity index (χ0v) is 8.63. The fourth-order valence-electron chi connectivity index (χ4n) is 1.61. The van der Waals surface area contributed by atoms with Gasteiger partial charge in [-0.15, -0.1) is 0 Å². The van der Waals surface area contributed by atoms with Crippen molar-refractivity contribution in [2.45, 2.75) is 32.8 Å². The van der Waals surface area contributed by atoms with Crippen molar-refractivity contribution < 1.29 is 9.84 Å². The Labute approximate surface area is 79.6 Å². The first-order valence-electron chi connectivity index (χ1n) is 4.65. The second-order valence-electron chi connectivity index (χ2n) is 4.58. The second-order valence-corrected chi connectivity index (χ2v) is 4.58. The normalized spacial score (nSPS) is 22.1. The highest BCUT2D eigenvalue weighted by Crippen LogP contribution is 2.38. The standard InChI is InChI=1S/C10H19NO2/c1-9(2,3)10(12,7-11)8-4-5-13-6-8/h6,12H,4-5,7,11H2,1-3H3. The lowest BCUT2D eigenvalue weighted by atomic mass is 9.71. The topological polar surface area (TPSA) is 55.5 Å². The van der Waals surface area contributed by atoms with Gasteiger partial charge in [-0.1, -0.05) is 20.8 Å². The molecular formula is C10H19NO2. The molecular weight excluding hydrogens is 166 g/mol. The lowest BCUT2D eigenvalue weighted by molar-refractivity contribution is -0.0177. The van der Waals surface area contributed by atoms with Crippen molar-refractivity contribution in [2.24, 2.45) is 11.1 Å². The Balaban J connectivity index is 2.92. The van der Waals surface area contributed by atoms with Gasteiger partial charge in [0.15, 0.2) is 0 Å². The van der Waals surface area contributed by atoms with Crippen LogP contribution in [0.3, 0.4) is 0 Å². The summed E-state index contributed by atoms with van der Waals surface area (Å²) in [7, 11) is 0. The Morgan fingerprint density at radius 1 is 1.54 bits per heavy atom. The predicted molar refractivity (Wildman–Crippen MR) is 52.1 cm³/mol. The fourth-order valence-corrected chi connectivity index (χ4v) is 1.61. The molecule has 0 saturated carbocycles. The minimum absolute atomic E-state index is 0.242. The van der Waals surface area contributed by atoms with Crippen LogP contribution in [0.5, 0.6) is 0 Å². The molecule has 1 rings (SSSR count). The minimum atomic E-state index is -0.927. The average molecular weight is 185 g/mol. The summed E-state index contributed by atoms with van der Waals surface area (Å²) >= 11 is 0. The number of hydrogen-bond donors (Lipinski definition) is 2. The summed E-state index contributed by atoms with van der Waals surface area (Å²) in [4.78, 5) is 0. The molecule has 76 valence electrons. The molecule has 3 heteroatoms. The predicted octanol–water partition coefficient (Wildman–Crippen LogP) is 1.03. The lowest BCUT2D eigenvalue weighted by Gasteiger charge is -2.40. The van der Waals surface area contributed by atoms with Crippen LogP contribution in [-0.2, 0) is 4.74 Å². The van der Waals surface area contributed by atoms with Gasteiger partial charge in [0.1, 0.15) is 5.60 Å². The van der Waals surface area contributed by atoms with Gasteiger partial charge in [0.05, 0.1) is 12.9 Å². The Bertz CT molecular complexity index is 217. The molecule has 3 N–H and O–H groups in total. The third kappa shape index (κ3) is 1.71. The Kier molecular flexibility index (Phi) is 2.68. The summed E-state index contributed by atoms with van der Waals surface area (Å²) in [5, 5.41) is 10.4. The van der Waals surface area contributed by atoms with Crippen molar-refractivity contribution in [3.05, 3.63) is 11.8 Å². The molecule has 0 saturated heterocycles. The molecule has 0 bridgehead atoms. The van der Waals surface area contributed by atoms with Crippen LogP contribution in [0.2, 0.25) is 0 Å². The highest BCUT2D eigenvalue weighted by Gasteiger charge is 2.43. The van der Waals surface area contributed by atoms with Crippen molar-refractivity contribution >= 4 is 0 Å². The van der Waals surface area contributed by atoms with Gasteiger partial charge in [0, 0.05) is 18.5 Å². The Hall–Kier alpha value is -0.540. The second kappa shape index (κ2) is 3.31. The van der Waals surface area contributed by atoms with Gasteiger partial charge >= 0.3 is 0 Å². The van der Waals surface area contributed by atoms with Crippen LogP contribution in [-0.4, -0.2) is 23.9 Å². The van der Waals surface area contributed by atoms with Crippen molar-refractivity contribution in [3.8, 4) is 0 Å². The highest BCUT2D eigenvalue weighted by atomic mass is 16.5. The molecule has 0 radical (unpaired) electrons. The van der Waals surface area contributed by atoms with E-state index in [2.05, 4.69) is 0 Å². The number of aliphatic hydroxyl groups is 1. The van der Waals surface area contributed by atoms with Gasteiger partial charge in [-0.3, -0.25) is 0 Å². The van der Waals surface area contributed by atoms with Crippen molar-refractivity contribution in [3.63, 3.8) is 0 Å². The summed E-state index contributed by atoms with van der Waals surface area (Å²) in [6.45, 7) is 6.86. The highest BCUT2D eigenvalue weighted by molar-refractivity contribution is 5.21. The van der Waals surface area contributed by atoms with Gasteiger partial charge in [0.25, 0.3) is 0 Å². The smallest absolute Gasteiger partial charge is 0.106 e. The molecule has 1 aliphatic rings. The summed E-state index contributed by atoms with van der Waals surface area (Å²) in [5.41, 5.74) is 5.37. The summed E-state index contributed by atoms with van der Waals surface area (Å²) in [5.74, 6) is 0. The van der Waals surface area contributed by atoms with Crippen LogP contribution in [0, 0.1) is 5.41 Å². The van der Waals surface area contributed by atoms with Gasteiger partial charge in [0.2, 0.25) is 0 Å². The number of hydrogen-bond acceptors (Lipinski definition) is 3. The first-order valence-corrected chi connectivity index (χ1v) is 4.65. The van der Waals surface area contributed by atoms with E-state index in [4.69, 9.17) is 10.5 Å². The van der Waals surface area contributed by atoms with E-state index < -0.39 is 5.60 Å². The third-order valence-corrected chi connectivity index (χ3v) is 2.78. The molecule has 0 aromatic heterocycles. The van der Waals surface area contributed by atoms with Crippen LogP contribution in [0.4, 0.5) is 0 Å². The molecule has 0 spiro atoms. The monoisotopic (exact) mass is 185 g/mol. The molecule has 13 heavy (non-hydrogen) atoms. The quantitative estimate of drug-likeness (QED) is 0.675. The Morgan fingerprint density at radius 2 is 2.15 bits per heavy atom. The Morgan fingerprint density at radius 3 is 2.46 bits per heavy atom. The van der Waals surface area contributed by atoms with Crippen LogP contribution < -0.4 is 5.73 Å². The van der Waals surface area contributed by atoms with Crippen LogP contribution in [0.25, 0.3) is 0 Å². The van der Waals surface area contributed by atoms with E-state index in [1.807, 2.05) is 20.8 Å². The van der Waals surface area contributed by atoms with Crippen molar-refractivity contribution in [2.75, 3.05) is 13.2 Å². The molecule has 1 unspecified atom stereocenters. The SMILES string of the molecule is CC(C)(C)C(O)(CN)C1=COCC1. The molecule has 0 fully saturated rings. The van der Waals surface area contributed by atoms with Gasteiger partial charge in [-0.05, 0) is 5.41 Å². The van der Waals surface area contributed by atoms with E-state index in [1.165, 1.54) is 0 Å². The summed E-state index contributed by atoms with van der Waals surface area (Å²) < 4.78 is 5.12. The number of rotatable bonds is 2. The van der Waals surface area contributed by atoms with Crippen molar-refractivity contribution in [1.82, 2.24) is 0 Å². The van der Waals surface area contributed by atoms with E-state index in [-0.39, 0.29) is 12.0 Å². The van der Waals surface area contributed by atoms with Crippen LogP contribution in [0.15, 0.2) is 11.8 Å². The molecule has 1 heterocycles. The molecule has 1 atom stereocenters. The maximum absolute atomic E-state index is 10.4. The van der Waals surface area contributed by atoms with E-state index in [1.54, 1.807) is 6.26 Å². The van der Waals surface area contributed by atoms with E-state index in [0.717, 1.165) is 12.0 Å². The first kappa shape index (κ1) is 10.5. The van der Waals surface area contributed by atoms with Gasteiger partial charge < -0.3 is 15.6 Å². The van der Waals surface area contributed by atoms with Gasteiger partial charge in [-0.2, -0.15) is 0 Å². The number of nitrogens with two attached hydrogens (primary N) is 1. The van der Waals surface area contributed by atoms with Crippen molar-refractivity contribution in [1.29, 1.82) is 0 Å². The number of ether oxygens (including phenoxy) is 1. The molecule has 0 aromatic carbocycles. The minimum Gasteiger partial charge on any atom is -0.501 e. The first-order chi connectivity index (χ1) is 5.92. The third-order valence-electron chi connectivity index (χ3n) is 2.78. The van der Waals surface area contributed by atoms with Crippen LogP contribution >= 0.6 is 0 Å². The lowest BCUT2D eigenvalue weighted by Crippen LogP contribution is -2.50. The van der Waals surface area contributed by atoms with E-state index in [0.29, 0.717) is 6.61 Å². The summed E-state index contributed by atoms with van der Waals surface area (Å²) in [6, 6.07) is 0. The molecule has 0 aliphatic carbocycles. The molecule has 1 aliphatic heterocycles. The molecule has 0 aromatic rings. The van der Waals surface area contributed by atoms with Crippen LogP contribution in [0.1, 0.15) is 27.2 Å². The maximum atomic E-state index is 10.4. The van der Waals surface area contributed by atoms with E-state index >= 15 is 0 Å². The molecule has 0 amide bonds. The molecule has 3 nitrogen and oxygen atoms in total.